The van der Waals surface area contributed by atoms with Crippen LogP contribution in [0.1, 0.15) is 12.5 Å². The fraction of sp³-hybridized carbons (Fsp3) is 0.333. The van der Waals surface area contributed by atoms with E-state index in [9.17, 15) is 5.11 Å². The number of rotatable bonds is 2. The molecule has 1 unspecified atom stereocenters. The van der Waals surface area contributed by atoms with Crippen molar-refractivity contribution in [2.45, 2.75) is 12.5 Å². The summed E-state index contributed by atoms with van der Waals surface area (Å²) in [4.78, 5) is 0. The van der Waals surface area contributed by atoms with Crippen LogP contribution in [0.5, 0.6) is 0 Å². The van der Waals surface area contributed by atoms with E-state index in [4.69, 9.17) is 16.7 Å². The molecule has 0 saturated carbocycles. The first kappa shape index (κ1) is 9.52. The fourth-order valence-electron chi connectivity index (χ4n) is 0.900. The zero-order valence-electron chi connectivity index (χ0n) is 6.79. The van der Waals surface area contributed by atoms with Crippen LogP contribution in [-0.4, -0.2) is 16.8 Å². The average Bonchev–Trinajstić information content (AvgIpc) is 2.05. The van der Waals surface area contributed by atoms with Crippen molar-refractivity contribution in [2.75, 3.05) is 6.61 Å². The Labute approximate surface area is 76.4 Å². The van der Waals surface area contributed by atoms with E-state index in [1.807, 2.05) is 0 Å². The average molecular weight is 187 g/mol. The van der Waals surface area contributed by atoms with Gasteiger partial charge in [0, 0.05) is 5.02 Å². The number of halogens is 1. The standard InChI is InChI=1S/C9H11ClO2/c1-9(12,6-11)7-2-4-8(10)5-3-7/h2-5,11-12H,6H2,1H3. The van der Waals surface area contributed by atoms with Crippen LogP contribution < -0.4 is 0 Å². The van der Waals surface area contributed by atoms with Gasteiger partial charge in [-0.15, -0.1) is 0 Å². The molecule has 12 heavy (non-hydrogen) atoms. The van der Waals surface area contributed by atoms with E-state index in [2.05, 4.69) is 0 Å². The highest BCUT2D eigenvalue weighted by Crippen LogP contribution is 2.21. The van der Waals surface area contributed by atoms with E-state index >= 15 is 0 Å². The summed E-state index contributed by atoms with van der Waals surface area (Å²) in [6.07, 6.45) is 0. The van der Waals surface area contributed by atoms with Crippen molar-refractivity contribution in [3.63, 3.8) is 0 Å². The van der Waals surface area contributed by atoms with Gasteiger partial charge in [-0.05, 0) is 24.6 Å². The number of aliphatic hydroxyl groups excluding tert-OH is 1. The predicted octanol–water partition coefficient (Wildman–Crippen LogP) is 1.54. The first-order chi connectivity index (χ1) is 5.56. The van der Waals surface area contributed by atoms with Gasteiger partial charge in [-0.2, -0.15) is 0 Å². The monoisotopic (exact) mass is 186 g/mol. The lowest BCUT2D eigenvalue weighted by molar-refractivity contribution is -0.00227. The highest BCUT2D eigenvalue weighted by atomic mass is 35.5. The molecular weight excluding hydrogens is 176 g/mol. The number of hydrogen-bond acceptors (Lipinski definition) is 2. The first-order valence-corrected chi connectivity index (χ1v) is 4.03. The number of benzene rings is 1. The molecule has 1 aromatic carbocycles. The van der Waals surface area contributed by atoms with Crippen LogP contribution >= 0.6 is 11.6 Å². The summed E-state index contributed by atoms with van der Waals surface area (Å²) >= 11 is 5.66. The number of aliphatic hydroxyl groups is 2. The maximum Gasteiger partial charge on any atom is 0.110 e. The molecular formula is C9H11ClO2. The molecule has 1 aromatic rings. The summed E-state index contributed by atoms with van der Waals surface area (Å²) in [5.41, 5.74) is -0.515. The molecule has 2 nitrogen and oxygen atoms in total. The lowest BCUT2D eigenvalue weighted by atomic mass is 9.97. The zero-order chi connectivity index (χ0) is 9.19. The van der Waals surface area contributed by atoms with Crippen LogP contribution in [0.25, 0.3) is 0 Å². The Morgan fingerprint density at radius 2 is 1.83 bits per heavy atom. The molecule has 0 radical (unpaired) electrons. The van der Waals surface area contributed by atoms with Crippen LogP contribution in [0.2, 0.25) is 5.02 Å². The van der Waals surface area contributed by atoms with E-state index in [1.54, 1.807) is 31.2 Å². The molecule has 2 N–H and O–H groups in total. The first-order valence-electron chi connectivity index (χ1n) is 3.65. The van der Waals surface area contributed by atoms with Crippen LogP contribution in [0.3, 0.4) is 0 Å². The maximum absolute atomic E-state index is 9.59. The van der Waals surface area contributed by atoms with Crippen molar-refractivity contribution >= 4 is 11.6 Å². The van der Waals surface area contributed by atoms with Crippen LogP contribution in [-0.2, 0) is 5.60 Å². The molecule has 3 heteroatoms. The van der Waals surface area contributed by atoms with Crippen molar-refractivity contribution in [3.8, 4) is 0 Å². The topological polar surface area (TPSA) is 40.5 Å². The third-order valence-electron chi connectivity index (χ3n) is 1.77. The Morgan fingerprint density at radius 1 is 1.33 bits per heavy atom. The van der Waals surface area contributed by atoms with Gasteiger partial charge in [0.05, 0.1) is 6.61 Å². The van der Waals surface area contributed by atoms with Gasteiger partial charge in [-0.1, -0.05) is 23.7 Å². The highest BCUT2D eigenvalue weighted by molar-refractivity contribution is 6.30. The van der Waals surface area contributed by atoms with Crippen molar-refractivity contribution in [3.05, 3.63) is 34.9 Å². The van der Waals surface area contributed by atoms with Crippen molar-refractivity contribution < 1.29 is 10.2 Å². The summed E-state index contributed by atoms with van der Waals surface area (Å²) in [5, 5.41) is 19.0. The van der Waals surface area contributed by atoms with Gasteiger partial charge in [0.15, 0.2) is 0 Å². The second-order valence-electron chi connectivity index (χ2n) is 2.94. The largest absolute Gasteiger partial charge is 0.393 e. The van der Waals surface area contributed by atoms with Gasteiger partial charge >= 0.3 is 0 Å². The quantitative estimate of drug-likeness (QED) is 0.736. The van der Waals surface area contributed by atoms with E-state index in [0.29, 0.717) is 10.6 Å². The van der Waals surface area contributed by atoms with Crippen molar-refractivity contribution in [1.82, 2.24) is 0 Å². The molecule has 1 rings (SSSR count). The SMILES string of the molecule is CC(O)(CO)c1ccc(Cl)cc1. The lowest BCUT2D eigenvalue weighted by Gasteiger charge is -2.20. The molecule has 0 saturated heterocycles. The second-order valence-corrected chi connectivity index (χ2v) is 3.38. The van der Waals surface area contributed by atoms with Crippen molar-refractivity contribution in [1.29, 1.82) is 0 Å². The van der Waals surface area contributed by atoms with Gasteiger partial charge in [0.1, 0.15) is 5.60 Å². The van der Waals surface area contributed by atoms with Gasteiger partial charge in [-0.25, -0.2) is 0 Å². The van der Waals surface area contributed by atoms with E-state index < -0.39 is 5.60 Å². The Balaban J connectivity index is 2.96. The molecule has 1 atom stereocenters. The smallest absolute Gasteiger partial charge is 0.110 e. The summed E-state index contributed by atoms with van der Waals surface area (Å²) in [6, 6.07) is 6.75. The summed E-state index contributed by atoms with van der Waals surface area (Å²) in [5.74, 6) is 0. The van der Waals surface area contributed by atoms with Crippen LogP contribution in [0.15, 0.2) is 24.3 Å². The molecule has 0 aliphatic carbocycles. The third-order valence-corrected chi connectivity index (χ3v) is 2.03. The second kappa shape index (κ2) is 3.44. The minimum Gasteiger partial charge on any atom is -0.393 e. The molecule has 0 heterocycles. The highest BCUT2D eigenvalue weighted by Gasteiger charge is 2.20. The number of hydrogen-bond donors (Lipinski definition) is 2. The molecule has 0 amide bonds. The Bertz CT molecular complexity index is 254. The zero-order valence-corrected chi connectivity index (χ0v) is 7.54. The van der Waals surface area contributed by atoms with Gasteiger partial charge in [0.25, 0.3) is 0 Å². The van der Waals surface area contributed by atoms with Gasteiger partial charge in [0.2, 0.25) is 0 Å². The van der Waals surface area contributed by atoms with Crippen molar-refractivity contribution in [2.24, 2.45) is 0 Å². The minimum atomic E-state index is -1.18. The fourth-order valence-corrected chi connectivity index (χ4v) is 1.03. The van der Waals surface area contributed by atoms with Crippen LogP contribution in [0, 0.1) is 0 Å². The minimum absolute atomic E-state index is 0.297. The van der Waals surface area contributed by atoms with E-state index in [-0.39, 0.29) is 6.61 Å². The summed E-state index contributed by atoms with van der Waals surface area (Å²) < 4.78 is 0. The van der Waals surface area contributed by atoms with Gasteiger partial charge < -0.3 is 10.2 Å². The molecule has 0 aliphatic rings. The molecule has 0 fully saturated rings. The van der Waals surface area contributed by atoms with E-state index in [1.165, 1.54) is 0 Å². The maximum atomic E-state index is 9.59. The Morgan fingerprint density at radius 3 is 2.25 bits per heavy atom. The lowest BCUT2D eigenvalue weighted by Crippen LogP contribution is -2.25. The Kier molecular flexibility index (Phi) is 2.73. The molecule has 66 valence electrons. The normalized spacial score (nSPS) is 15.7. The third kappa shape index (κ3) is 1.97. The predicted molar refractivity (Wildman–Crippen MR) is 48.1 cm³/mol. The molecule has 0 bridgehead atoms. The molecule has 0 spiro atoms. The Hall–Kier alpha value is -0.570. The van der Waals surface area contributed by atoms with Crippen LogP contribution in [0.4, 0.5) is 0 Å². The molecule has 0 aromatic heterocycles. The summed E-state index contributed by atoms with van der Waals surface area (Å²) in [6.45, 7) is 1.25. The summed E-state index contributed by atoms with van der Waals surface area (Å²) in [7, 11) is 0. The van der Waals surface area contributed by atoms with Gasteiger partial charge in [-0.3, -0.25) is 0 Å². The van der Waals surface area contributed by atoms with E-state index in [0.717, 1.165) is 0 Å². The molecule has 0 aliphatic heterocycles.